The molecule has 2 aliphatic carbocycles. The number of halogens is 3. The van der Waals surface area contributed by atoms with Crippen LogP contribution in [0.3, 0.4) is 0 Å². The van der Waals surface area contributed by atoms with Crippen molar-refractivity contribution in [3.05, 3.63) is 121 Å². The summed E-state index contributed by atoms with van der Waals surface area (Å²) in [4.78, 5) is 21.2. The van der Waals surface area contributed by atoms with Crippen LogP contribution in [0.25, 0.3) is 5.69 Å². The highest BCUT2D eigenvalue weighted by Gasteiger charge is 2.33. The van der Waals surface area contributed by atoms with E-state index < -0.39 is 11.2 Å². The Hall–Kier alpha value is -5.34. The van der Waals surface area contributed by atoms with Gasteiger partial charge in [-0.1, -0.05) is 23.7 Å². The number of anilines is 1. The van der Waals surface area contributed by atoms with Gasteiger partial charge in [0.1, 0.15) is 28.7 Å². The first-order chi connectivity index (χ1) is 26.2. The lowest BCUT2D eigenvalue weighted by atomic mass is 9.99. The summed E-state index contributed by atoms with van der Waals surface area (Å²) >= 11 is 9.59. The molecular formula is C40H34BrClFN7O4. The summed E-state index contributed by atoms with van der Waals surface area (Å²) in [6.07, 6.45) is 10.2. The van der Waals surface area contributed by atoms with E-state index in [2.05, 4.69) is 48.5 Å². The maximum absolute atomic E-state index is 14.8. The van der Waals surface area contributed by atoms with Crippen LogP contribution in [-0.2, 0) is 4.74 Å². The zero-order valence-electron chi connectivity index (χ0n) is 29.0. The maximum Gasteiger partial charge on any atom is 0.292 e. The highest BCUT2D eigenvalue weighted by Crippen LogP contribution is 2.43. The molecule has 3 aromatic heterocycles. The SMILES string of the molecule is N#Cc1ccc(C2CC2)cc1Oc1ccc(-n2ncc(NCC3(F)CCCOC3)c(Cl)c2=O)cn1.N#Cc1ccc(C2CC2)cc1Oc1ccc(Br)cn1. The van der Waals surface area contributed by atoms with Gasteiger partial charge in [-0.3, -0.25) is 4.79 Å². The predicted octanol–water partition coefficient (Wildman–Crippen LogP) is 9.14. The van der Waals surface area contributed by atoms with Crippen molar-refractivity contribution in [1.29, 1.82) is 10.5 Å². The van der Waals surface area contributed by atoms with Crippen molar-refractivity contribution in [2.75, 3.05) is 25.1 Å². The average Bonchev–Trinajstić information content (AvgIpc) is 4.12. The van der Waals surface area contributed by atoms with Gasteiger partial charge in [-0.15, -0.1) is 0 Å². The third-order valence-corrected chi connectivity index (χ3v) is 10.1. The molecular weight excluding hydrogens is 777 g/mol. The number of nitriles is 2. The van der Waals surface area contributed by atoms with Crippen LogP contribution in [0.2, 0.25) is 5.02 Å². The van der Waals surface area contributed by atoms with Crippen molar-refractivity contribution in [1.82, 2.24) is 19.7 Å². The molecule has 0 amide bonds. The molecule has 3 fully saturated rings. The predicted molar refractivity (Wildman–Crippen MR) is 203 cm³/mol. The molecule has 2 aromatic carbocycles. The summed E-state index contributed by atoms with van der Waals surface area (Å²) < 4.78 is 33.6. The van der Waals surface area contributed by atoms with Gasteiger partial charge in [0, 0.05) is 29.4 Å². The second-order valence-electron chi connectivity index (χ2n) is 13.4. The largest absolute Gasteiger partial charge is 0.438 e. The number of benzene rings is 2. The van der Waals surface area contributed by atoms with Crippen molar-refractivity contribution >= 4 is 33.2 Å². The van der Waals surface area contributed by atoms with Crippen LogP contribution in [0.15, 0.2) is 88.5 Å². The zero-order valence-corrected chi connectivity index (χ0v) is 31.3. The zero-order chi connectivity index (χ0) is 37.7. The standard InChI is InChI=1S/C25H23ClFN5O3.C15H11BrN2O/c26-23-20(30-14-25(27)8-1-9-34-15-25)13-31-32(24(23)33)19-6-7-22(29-12-19)35-21-10-17(16-2-3-16)4-5-18(21)11-28;16-13-5-6-15(18-9-13)19-14-7-11(10-1-2-10)3-4-12(14)8-17/h4-7,10,12-13,16,30H,1-3,8-9,14-15H2;3-7,9-10H,1-2H2. The first kappa shape index (κ1) is 37.0. The Balaban J connectivity index is 0.000000199. The van der Waals surface area contributed by atoms with Gasteiger partial charge in [0.2, 0.25) is 11.8 Å². The van der Waals surface area contributed by atoms with E-state index >= 15 is 0 Å². The van der Waals surface area contributed by atoms with E-state index in [0.717, 1.165) is 27.6 Å². The summed E-state index contributed by atoms with van der Waals surface area (Å²) in [5.41, 5.74) is 1.89. The molecule has 1 atom stereocenters. The molecule has 1 N–H and O–H groups in total. The van der Waals surface area contributed by atoms with Crippen LogP contribution in [-0.4, -0.2) is 45.2 Å². The minimum absolute atomic E-state index is 0.00291. The van der Waals surface area contributed by atoms with Crippen LogP contribution >= 0.6 is 27.5 Å². The quantitative estimate of drug-likeness (QED) is 0.145. The summed E-state index contributed by atoms with van der Waals surface area (Å²) in [5.74, 6) is 2.95. The van der Waals surface area contributed by atoms with Crippen LogP contribution in [0.5, 0.6) is 23.3 Å². The van der Waals surface area contributed by atoms with E-state index in [1.54, 1.807) is 30.5 Å². The van der Waals surface area contributed by atoms with Gasteiger partial charge in [-0.25, -0.2) is 14.4 Å². The van der Waals surface area contributed by atoms with E-state index in [-0.39, 0.29) is 29.7 Å². The molecule has 54 heavy (non-hydrogen) atoms. The fourth-order valence-corrected chi connectivity index (χ4v) is 6.36. The Bertz CT molecular complexity index is 2280. The molecule has 1 saturated heterocycles. The number of hydrogen-bond donors (Lipinski definition) is 1. The van der Waals surface area contributed by atoms with Gasteiger partial charge in [0.15, 0.2) is 5.67 Å². The van der Waals surface area contributed by atoms with E-state index in [4.69, 9.17) is 31.1 Å². The topological polar surface area (TPSA) is 148 Å². The molecule has 14 heteroatoms. The Morgan fingerprint density at radius 1 is 0.907 bits per heavy atom. The van der Waals surface area contributed by atoms with Crippen LogP contribution in [0.1, 0.15) is 72.6 Å². The van der Waals surface area contributed by atoms with Gasteiger partial charge < -0.3 is 19.5 Å². The minimum atomic E-state index is -1.51. The number of nitrogens with one attached hydrogen (secondary N) is 1. The number of nitrogens with zero attached hydrogens (tertiary/aromatic N) is 6. The van der Waals surface area contributed by atoms with Gasteiger partial charge >= 0.3 is 0 Å². The summed E-state index contributed by atoms with van der Waals surface area (Å²) in [5, 5.41) is 25.5. The second-order valence-corrected chi connectivity index (χ2v) is 14.7. The molecule has 4 heterocycles. The molecule has 0 spiro atoms. The molecule has 2 saturated carbocycles. The number of aromatic nitrogens is 4. The molecule has 8 rings (SSSR count). The number of rotatable bonds is 10. The van der Waals surface area contributed by atoms with Crippen molar-refractivity contribution in [3.8, 4) is 41.1 Å². The van der Waals surface area contributed by atoms with Gasteiger partial charge in [-0.05, 0) is 114 Å². The first-order valence-electron chi connectivity index (χ1n) is 17.5. The molecule has 274 valence electrons. The van der Waals surface area contributed by atoms with Crippen molar-refractivity contribution in [2.45, 2.75) is 56.0 Å². The smallest absolute Gasteiger partial charge is 0.292 e. The molecule has 1 aliphatic heterocycles. The lowest BCUT2D eigenvalue weighted by molar-refractivity contribution is -0.0234. The Morgan fingerprint density at radius 2 is 1.52 bits per heavy atom. The number of hydrogen-bond acceptors (Lipinski definition) is 10. The van der Waals surface area contributed by atoms with Crippen molar-refractivity contribution in [2.24, 2.45) is 0 Å². The highest BCUT2D eigenvalue weighted by atomic mass is 79.9. The number of alkyl halides is 1. The van der Waals surface area contributed by atoms with E-state index in [9.17, 15) is 14.4 Å². The lowest BCUT2D eigenvalue weighted by Gasteiger charge is -2.29. The van der Waals surface area contributed by atoms with Gasteiger partial charge in [0.25, 0.3) is 5.56 Å². The molecule has 5 aromatic rings. The molecule has 0 radical (unpaired) electrons. The highest BCUT2D eigenvalue weighted by molar-refractivity contribution is 9.10. The molecule has 1 unspecified atom stereocenters. The van der Waals surface area contributed by atoms with E-state index in [1.165, 1.54) is 30.8 Å². The van der Waals surface area contributed by atoms with Crippen LogP contribution < -0.4 is 20.3 Å². The van der Waals surface area contributed by atoms with Crippen molar-refractivity contribution in [3.63, 3.8) is 0 Å². The Morgan fingerprint density at radius 3 is 2.02 bits per heavy atom. The first-order valence-corrected chi connectivity index (χ1v) is 18.7. The lowest BCUT2D eigenvalue weighted by Crippen LogP contribution is -2.40. The molecule has 0 bridgehead atoms. The third-order valence-electron chi connectivity index (χ3n) is 9.23. The Labute approximate surface area is 324 Å². The van der Waals surface area contributed by atoms with Crippen LogP contribution in [0.4, 0.5) is 10.1 Å². The second kappa shape index (κ2) is 16.4. The van der Waals surface area contributed by atoms with Gasteiger partial charge in [-0.2, -0.15) is 20.3 Å². The van der Waals surface area contributed by atoms with E-state index in [1.807, 2.05) is 36.4 Å². The fraction of sp³-hybridized carbons (Fsp3) is 0.300. The number of ether oxygens (including phenoxy) is 3. The molecule has 3 aliphatic rings. The fourth-order valence-electron chi connectivity index (χ4n) is 5.93. The summed E-state index contributed by atoms with van der Waals surface area (Å²) in [6, 6.07) is 22.5. The van der Waals surface area contributed by atoms with E-state index in [0.29, 0.717) is 65.5 Å². The van der Waals surface area contributed by atoms with Gasteiger partial charge in [0.05, 0.1) is 48.0 Å². The molecule has 11 nitrogen and oxygen atoms in total. The number of pyridine rings is 2. The monoisotopic (exact) mass is 809 g/mol. The van der Waals surface area contributed by atoms with Crippen molar-refractivity contribution < 1.29 is 18.6 Å². The maximum atomic E-state index is 14.8. The normalized spacial score (nSPS) is 17.6. The van der Waals surface area contributed by atoms with Crippen LogP contribution in [0, 0.1) is 22.7 Å². The summed E-state index contributed by atoms with van der Waals surface area (Å²) in [7, 11) is 0. The minimum Gasteiger partial charge on any atom is -0.438 e. The summed E-state index contributed by atoms with van der Waals surface area (Å²) in [6.45, 7) is 0.523. The third kappa shape index (κ3) is 9.05. The average molecular weight is 811 g/mol. The Kier molecular flexibility index (Phi) is 11.2.